The minimum absolute atomic E-state index is 0. The molecular weight excluding hydrogens is 1040 g/mol. The molecule has 1 aliphatic rings. The quantitative estimate of drug-likeness (QED) is 0.128. The van der Waals surface area contributed by atoms with Crippen LogP contribution in [0, 0.1) is 18.8 Å². The van der Waals surface area contributed by atoms with Crippen molar-refractivity contribution in [1.29, 1.82) is 0 Å². The normalized spacial score (nSPS) is 12.8. The number of anilines is 4. The number of fused-ring (bicyclic) bond motifs is 4. The van der Waals surface area contributed by atoms with Crippen LogP contribution >= 0.6 is 0 Å². The summed E-state index contributed by atoms with van der Waals surface area (Å²) >= 11 is 0. The molecule has 0 N–H and O–H groups in total. The van der Waals surface area contributed by atoms with Crippen LogP contribution in [-0.4, -0.2) is 9.55 Å². The van der Waals surface area contributed by atoms with Gasteiger partial charge in [-0.1, -0.05) is 181 Å². The van der Waals surface area contributed by atoms with E-state index in [1.54, 1.807) is 0 Å². The zero-order valence-corrected chi connectivity index (χ0v) is 42.9. The third kappa shape index (κ3) is 8.51. The van der Waals surface area contributed by atoms with Crippen LogP contribution in [-0.2, 0) is 37.3 Å². The molecule has 350 valence electrons. The maximum Gasteiger partial charge on any atom is 0.135 e. The van der Waals surface area contributed by atoms with Gasteiger partial charge < -0.3 is 19.1 Å². The molecule has 0 radical (unpaired) electrons. The SMILES string of the molecule is CC(C)(C)c1ccnc(-n2c3[c-]c(Oc4[c-]c(N5[CH-]N(c6cc(C(C)(C)c7ccccc7)cc(C(C)(C)c7ccccc7)c6)c6ccccc65)cc(-c5ccccc5)c4)ccc3c3ccccc32)c1.[Pt]. The van der Waals surface area contributed by atoms with E-state index in [1.807, 2.05) is 12.3 Å². The molecule has 0 atom stereocenters. The van der Waals surface area contributed by atoms with Gasteiger partial charge in [0, 0.05) is 72.2 Å². The molecule has 0 aliphatic carbocycles. The van der Waals surface area contributed by atoms with E-state index in [9.17, 15) is 0 Å². The molecule has 10 aromatic rings. The van der Waals surface area contributed by atoms with Gasteiger partial charge in [-0.3, -0.25) is 0 Å². The molecule has 0 saturated carbocycles. The number of ether oxygens (including phenoxy) is 1. The third-order valence-corrected chi connectivity index (χ3v) is 14.1. The molecule has 2 aromatic heterocycles. The molecule has 0 spiro atoms. The average molecular weight is 1090 g/mol. The fraction of sp³-hybridized carbons (Fsp3) is 0.156. The Hall–Kier alpha value is -7.20. The van der Waals surface area contributed by atoms with Crippen LogP contribution in [0.4, 0.5) is 22.7 Å². The van der Waals surface area contributed by atoms with E-state index >= 15 is 0 Å². The van der Waals surface area contributed by atoms with Crippen LogP contribution in [0.1, 0.15) is 76.3 Å². The Labute approximate surface area is 427 Å². The number of aromatic nitrogens is 2. The first-order valence-corrected chi connectivity index (χ1v) is 23.9. The number of nitrogens with zero attached hydrogens (tertiary/aromatic N) is 4. The molecule has 1 aliphatic heterocycles. The first-order valence-electron chi connectivity index (χ1n) is 23.9. The zero-order valence-electron chi connectivity index (χ0n) is 40.6. The Kier molecular flexibility index (Phi) is 12.1. The second-order valence-electron chi connectivity index (χ2n) is 20.3. The van der Waals surface area contributed by atoms with Gasteiger partial charge >= 0.3 is 0 Å². The van der Waals surface area contributed by atoms with Gasteiger partial charge in [0.25, 0.3) is 0 Å². The number of rotatable bonds is 10. The minimum atomic E-state index is -0.275. The van der Waals surface area contributed by atoms with Crippen molar-refractivity contribution in [1.82, 2.24) is 9.55 Å². The van der Waals surface area contributed by atoms with Gasteiger partial charge in [-0.25, -0.2) is 4.98 Å². The van der Waals surface area contributed by atoms with Crippen molar-refractivity contribution >= 4 is 44.6 Å². The Morgan fingerprint density at radius 3 is 1.70 bits per heavy atom. The van der Waals surface area contributed by atoms with E-state index in [4.69, 9.17) is 9.72 Å². The molecule has 0 amide bonds. The summed E-state index contributed by atoms with van der Waals surface area (Å²) in [5.74, 6) is 2.02. The summed E-state index contributed by atoms with van der Waals surface area (Å²) in [5.41, 5.74) is 13.8. The second kappa shape index (κ2) is 18.3. The summed E-state index contributed by atoms with van der Waals surface area (Å²) in [6, 6.07) is 76.5. The standard InChI is InChI=1S/C64H55N4O.Pt/c1-62(2,3)48-33-34-65-61(40-48)68-57-28-18-17-27-55(57)56-32-31-53(42-60(56)68)69-54-36-45(44-21-11-8-12-22-44)35-51(41-54)66-43-67(59-30-20-19-29-58(59)66)52-38-49(63(4,5)46-23-13-9-14-24-46)37-50(39-52)64(6,7)47-25-15-10-16-26-47;/h8-40,43H,1-7H3;/q-3;. The van der Waals surface area contributed by atoms with Crippen molar-refractivity contribution in [3.63, 3.8) is 0 Å². The second-order valence-corrected chi connectivity index (χ2v) is 20.3. The van der Waals surface area contributed by atoms with Crippen molar-refractivity contribution in [3.8, 4) is 28.4 Å². The fourth-order valence-electron chi connectivity index (χ4n) is 9.83. The van der Waals surface area contributed by atoms with Gasteiger partial charge in [-0.2, -0.15) is 6.07 Å². The van der Waals surface area contributed by atoms with E-state index in [0.29, 0.717) is 11.5 Å². The third-order valence-electron chi connectivity index (χ3n) is 14.1. The monoisotopic (exact) mass is 1090 g/mol. The zero-order chi connectivity index (χ0) is 47.5. The van der Waals surface area contributed by atoms with Crippen molar-refractivity contribution in [3.05, 3.63) is 247 Å². The van der Waals surface area contributed by atoms with Crippen LogP contribution < -0.4 is 14.5 Å². The first kappa shape index (κ1) is 46.5. The van der Waals surface area contributed by atoms with Crippen LogP contribution in [0.5, 0.6) is 11.5 Å². The number of hydrogen-bond acceptors (Lipinski definition) is 4. The molecule has 0 fully saturated rings. The molecule has 70 heavy (non-hydrogen) atoms. The number of pyridine rings is 1. The van der Waals surface area contributed by atoms with Gasteiger partial charge in [-0.15, -0.1) is 53.6 Å². The van der Waals surface area contributed by atoms with Gasteiger partial charge in [0.1, 0.15) is 5.82 Å². The largest absolute Gasteiger partial charge is 0.509 e. The van der Waals surface area contributed by atoms with Crippen LogP contribution in [0.3, 0.4) is 0 Å². The summed E-state index contributed by atoms with van der Waals surface area (Å²) in [6.45, 7) is 18.2. The van der Waals surface area contributed by atoms with Gasteiger partial charge in [0.2, 0.25) is 0 Å². The van der Waals surface area contributed by atoms with E-state index in [0.717, 1.165) is 61.5 Å². The van der Waals surface area contributed by atoms with Crippen LogP contribution in [0.15, 0.2) is 200 Å². The van der Waals surface area contributed by atoms with Crippen molar-refractivity contribution in [2.75, 3.05) is 9.80 Å². The Morgan fingerprint density at radius 1 is 0.471 bits per heavy atom. The summed E-state index contributed by atoms with van der Waals surface area (Å²) in [7, 11) is 0. The van der Waals surface area contributed by atoms with Crippen molar-refractivity contribution in [2.24, 2.45) is 0 Å². The number of hydrogen-bond donors (Lipinski definition) is 0. The van der Waals surface area contributed by atoms with Gasteiger partial charge in [0.15, 0.2) is 0 Å². The molecule has 6 heteroatoms. The Bertz CT molecular complexity index is 3430. The number of benzene rings is 8. The maximum atomic E-state index is 6.90. The molecular formula is C64H55N4OPt-3. The molecule has 0 unspecified atom stereocenters. The molecule has 11 rings (SSSR count). The molecule has 5 nitrogen and oxygen atoms in total. The summed E-state index contributed by atoms with van der Waals surface area (Å²) in [5, 5.41) is 2.22. The van der Waals surface area contributed by atoms with Gasteiger partial charge in [0.05, 0.1) is 0 Å². The molecule has 8 aromatic carbocycles. The Morgan fingerprint density at radius 2 is 1.06 bits per heavy atom. The summed E-state index contributed by atoms with van der Waals surface area (Å²) in [6.07, 6.45) is 1.91. The van der Waals surface area contributed by atoms with Crippen LogP contribution in [0.25, 0.3) is 38.8 Å². The average Bonchev–Trinajstić information content (AvgIpc) is 3.93. The molecule has 0 saturated heterocycles. The Balaban J connectivity index is 0.00000567. The summed E-state index contributed by atoms with van der Waals surface area (Å²) < 4.78 is 9.11. The van der Waals surface area contributed by atoms with E-state index in [-0.39, 0.29) is 37.3 Å². The summed E-state index contributed by atoms with van der Waals surface area (Å²) in [4.78, 5) is 9.47. The van der Waals surface area contributed by atoms with E-state index < -0.39 is 0 Å². The maximum absolute atomic E-state index is 6.90. The molecule has 0 bridgehead atoms. The van der Waals surface area contributed by atoms with Crippen molar-refractivity contribution in [2.45, 2.75) is 64.7 Å². The first-order chi connectivity index (χ1) is 33.3. The predicted octanol–water partition coefficient (Wildman–Crippen LogP) is 16.6. The fourth-order valence-corrected chi connectivity index (χ4v) is 9.83. The predicted molar refractivity (Wildman–Crippen MR) is 286 cm³/mol. The number of para-hydroxylation sites is 3. The minimum Gasteiger partial charge on any atom is -0.509 e. The van der Waals surface area contributed by atoms with Crippen LogP contribution in [0.2, 0.25) is 0 Å². The van der Waals surface area contributed by atoms with E-state index in [2.05, 4.69) is 270 Å². The van der Waals surface area contributed by atoms with Gasteiger partial charge in [-0.05, 0) is 86.6 Å². The smallest absolute Gasteiger partial charge is 0.135 e. The van der Waals surface area contributed by atoms with E-state index in [1.165, 1.54) is 27.8 Å². The topological polar surface area (TPSA) is 33.5 Å². The molecule has 3 heterocycles. The van der Waals surface area contributed by atoms with Crippen molar-refractivity contribution < 1.29 is 25.8 Å².